The minimum Gasteiger partial charge on any atom is -0.508 e. The maximum absolute atomic E-state index is 9.22. The predicted octanol–water partition coefficient (Wildman–Crippen LogP) is 10.3. The molecule has 0 aliphatic carbocycles. The van der Waals surface area contributed by atoms with E-state index in [0.717, 1.165) is 28.2 Å². The van der Waals surface area contributed by atoms with E-state index < -0.39 is 0 Å². The van der Waals surface area contributed by atoms with Crippen molar-refractivity contribution in [1.29, 1.82) is 0 Å². The molecule has 1 aliphatic rings. The van der Waals surface area contributed by atoms with Gasteiger partial charge in [-0.1, -0.05) is 60.7 Å². The summed E-state index contributed by atoms with van der Waals surface area (Å²) in [6.45, 7) is 6.02. The van der Waals surface area contributed by atoms with Crippen LogP contribution in [0.15, 0.2) is 103 Å². The van der Waals surface area contributed by atoms with Gasteiger partial charge in [0.15, 0.2) is 23.0 Å². The van der Waals surface area contributed by atoms with Crippen molar-refractivity contribution in [2.45, 2.75) is 27.4 Å². The Kier molecular flexibility index (Phi) is 25.8. The first-order valence-electron chi connectivity index (χ1n) is 13.6. The first kappa shape index (κ1) is 44.0. The third-order valence-corrected chi connectivity index (χ3v) is 5.31. The summed E-state index contributed by atoms with van der Waals surface area (Å²) in [5, 5.41) is 36.0. The molecule has 0 saturated heterocycles. The Bertz CT molecular complexity index is 1440. The summed E-state index contributed by atoms with van der Waals surface area (Å²) in [4.78, 5) is 3.78. The van der Waals surface area contributed by atoms with Crippen LogP contribution >= 0.6 is 73.2 Å². The van der Waals surface area contributed by atoms with Gasteiger partial charge in [0.25, 0.3) is 0 Å². The summed E-state index contributed by atoms with van der Waals surface area (Å²) in [6, 6.07) is 21.5. The number of hydrogen-bond donors (Lipinski definition) is 4. The van der Waals surface area contributed by atoms with Gasteiger partial charge in [0.2, 0.25) is 6.79 Å². The topological polar surface area (TPSA) is 112 Å². The van der Waals surface area contributed by atoms with Crippen molar-refractivity contribution >= 4 is 95.8 Å². The number of hydrogen-bond acceptors (Lipinski definition) is 7. The van der Waals surface area contributed by atoms with Crippen LogP contribution in [0.1, 0.15) is 43.0 Å². The van der Waals surface area contributed by atoms with Crippen molar-refractivity contribution in [3.8, 4) is 28.7 Å². The Morgan fingerprint density at radius 3 is 1.61 bits per heavy atom. The zero-order valence-corrected chi connectivity index (χ0v) is 34.1. The van der Waals surface area contributed by atoms with Crippen LogP contribution in [0.2, 0.25) is 0 Å². The third-order valence-electron chi connectivity index (χ3n) is 5.31. The maximum atomic E-state index is 9.22. The molecule has 1 aliphatic heterocycles. The molecule has 0 atom stereocenters. The molecule has 0 bridgehead atoms. The molecule has 1 aromatic heterocycles. The molecule has 0 radical (unpaired) electrons. The fraction of sp³-hybridized carbons (Fsp3) is 0.147. The van der Waals surface area contributed by atoms with Crippen LogP contribution in [0.25, 0.3) is 18.2 Å². The zero-order chi connectivity index (χ0) is 33.5. The van der Waals surface area contributed by atoms with Crippen molar-refractivity contribution in [3.05, 3.63) is 126 Å². The Morgan fingerprint density at radius 2 is 1.15 bits per heavy atom. The van der Waals surface area contributed by atoms with Crippen molar-refractivity contribution in [2.24, 2.45) is 0 Å². The highest BCUT2D eigenvalue weighted by atomic mass is 127. The molecule has 4 aromatic rings. The molecule has 46 heavy (non-hydrogen) atoms. The molecule has 0 spiro atoms. The molecule has 5 rings (SSSR count). The molecule has 3 aromatic carbocycles. The van der Waals surface area contributed by atoms with E-state index in [9.17, 15) is 5.11 Å². The van der Waals surface area contributed by atoms with Gasteiger partial charge in [-0.15, -0.1) is 12.4 Å². The lowest BCUT2D eigenvalue weighted by molar-refractivity contribution is 0.174. The van der Waals surface area contributed by atoms with Crippen molar-refractivity contribution in [1.82, 2.24) is 4.98 Å². The molecule has 4 N–H and O–H groups in total. The number of aromatic hydroxyl groups is 3. The highest BCUT2D eigenvalue weighted by molar-refractivity contribution is 14.4. The van der Waals surface area contributed by atoms with Crippen LogP contribution in [-0.2, 0) is 6.61 Å². The molecular weight excluding hydrogens is 962 g/mol. The van der Waals surface area contributed by atoms with Crippen LogP contribution in [0.3, 0.4) is 0 Å². The number of aromatic nitrogens is 1. The predicted molar refractivity (Wildman–Crippen MR) is 220 cm³/mol. The van der Waals surface area contributed by atoms with Crippen LogP contribution < -0.4 is 9.47 Å². The second-order valence-corrected chi connectivity index (χ2v) is 41.8. The van der Waals surface area contributed by atoms with Crippen LogP contribution in [-0.4, -0.2) is 36.5 Å². The molecule has 12 heteroatoms. The van der Waals surface area contributed by atoms with Crippen molar-refractivity contribution in [3.63, 3.8) is 0 Å². The summed E-state index contributed by atoms with van der Waals surface area (Å²) in [7, 11) is 0. The highest BCUT2D eigenvalue weighted by Gasteiger charge is 2.11. The van der Waals surface area contributed by atoms with E-state index in [-0.39, 0.29) is 40.6 Å². The van der Waals surface area contributed by atoms with Crippen molar-refractivity contribution in [2.75, 3.05) is 6.79 Å². The molecule has 0 fully saturated rings. The van der Waals surface area contributed by atoms with Crippen LogP contribution in [0, 0.1) is 0 Å². The summed E-state index contributed by atoms with van der Waals surface area (Å²) >= 11 is 7.37. The van der Waals surface area contributed by atoms with E-state index in [1.807, 2.05) is 93.6 Å². The van der Waals surface area contributed by atoms with E-state index in [1.165, 1.54) is 12.1 Å². The zero-order valence-electron chi connectivity index (χ0n) is 25.6. The highest BCUT2D eigenvalue weighted by Crippen LogP contribution is 2.32. The second-order valence-electron chi connectivity index (χ2n) is 8.68. The number of pyridine rings is 1. The van der Waals surface area contributed by atoms with Gasteiger partial charge in [0.1, 0.15) is 5.75 Å². The minimum absolute atomic E-state index is 0. The molecule has 2 heterocycles. The van der Waals surface area contributed by atoms with Crippen LogP contribution in [0.4, 0.5) is 0 Å². The lowest BCUT2D eigenvalue weighted by Crippen LogP contribution is -1.92. The lowest BCUT2D eigenvalue weighted by atomic mass is 10.1. The van der Waals surface area contributed by atoms with E-state index in [2.05, 4.69) is 65.8 Å². The molecule has 0 saturated carbocycles. The molecule has 0 amide bonds. The number of benzene rings is 3. The quantitative estimate of drug-likeness (QED) is 0.0916. The normalized spacial score (nSPS) is 10.7. The van der Waals surface area contributed by atoms with Gasteiger partial charge < -0.3 is 29.9 Å². The smallest absolute Gasteiger partial charge is 0.508 e. The minimum atomic E-state index is -0.229. The van der Waals surface area contributed by atoms with Gasteiger partial charge in [0.05, 0.1) is 6.61 Å². The molecule has 7 nitrogen and oxygen atoms in total. The molecule has 0 unspecified atom stereocenters. The first-order chi connectivity index (χ1) is 21.6. The Hall–Kier alpha value is -2.00. The van der Waals surface area contributed by atoms with Crippen molar-refractivity contribution < 1.29 is 29.9 Å². The molecular formula is C34H38AlClI3NO6. The SMILES string of the molecule is C/C=C/c1ccc(O)c(CO)c1.C/C=C/c1ccc(O)c(O)c1.C/C=C/c1ccc2c(c1)OCO2.Cl.[I][Al]([I])[I].c1ccncc1. The number of ether oxygens (including phenoxy) is 2. The van der Waals surface area contributed by atoms with E-state index in [0.29, 0.717) is 12.4 Å². The number of phenolic OH excluding ortho intramolecular Hbond substituents is 2. The van der Waals surface area contributed by atoms with Gasteiger partial charge in [-0.25, -0.2) is 0 Å². The second kappa shape index (κ2) is 27.0. The average Bonchev–Trinajstić information content (AvgIpc) is 3.50. The number of phenols is 3. The first-order valence-corrected chi connectivity index (χ1v) is 26.2. The monoisotopic (exact) mass is 999 g/mol. The van der Waals surface area contributed by atoms with E-state index >= 15 is 0 Å². The van der Waals surface area contributed by atoms with E-state index in [1.54, 1.807) is 36.7 Å². The van der Waals surface area contributed by atoms with E-state index in [4.69, 9.17) is 24.8 Å². The fourth-order valence-corrected chi connectivity index (χ4v) is 3.39. The lowest BCUT2D eigenvalue weighted by Gasteiger charge is -2.01. The largest absolute Gasteiger partial charge is 0.524 e. The Balaban J connectivity index is 0.000000572. The summed E-state index contributed by atoms with van der Waals surface area (Å²) < 4.78 is 10.2. The number of fused-ring (bicyclic) bond motifs is 1. The summed E-state index contributed by atoms with van der Waals surface area (Å²) in [5.41, 5.74) is 3.56. The number of aliphatic hydroxyl groups is 1. The Morgan fingerprint density at radius 1 is 0.674 bits per heavy atom. The Labute approximate surface area is 315 Å². The molecule has 246 valence electrons. The van der Waals surface area contributed by atoms with Gasteiger partial charge in [-0.2, -0.15) is 60.8 Å². The van der Waals surface area contributed by atoms with Crippen LogP contribution in [0.5, 0.6) is 28.7 Å². The standard InChI is InChI=1S/C10H10O2.C10H12O2.C9H10O2.C5H5N.Al.ClH.3HI/c1-2-3-8-4-5-9-10(6-8)12-7-11-9;1-2-3-8-4-5-10(12)9(6-8)7-11;1-2-3-7-4-5-8(10)9(11)6-7;1-2-4-6-5-3-1;;;;;/h2-6H,7H2,1H3;2-6,11-12H,7H2,1H3;2-6,10-11H,1H3;1-5H;;4*1H/q;;;;+3;;;;/p-3/b3*3-2+;;;;;;. The van der Waals surface area contributed by atoms with Gasteiger partial charge in [-0.3, -0.25) is 4.98 Å². The van der Waals surface area contributed by atoms with Gasteiger partial charge in [0, 0.05) is 18.0 Å². The fourth-order valence-electron chi connectivity index (χ4n) is 3.39. The number of allylic oxidation sites excluding steroid dienone is 3. The number of rotatable bonds is 4. The third kappa shape index (κ3) is 19.6. The number of nitrogens with zero attached hydrogens (tertiary/aromatic N) is 1. The van der Waals surface area contributed by atoms with Gasteiger partial charge >= 0.3 is 4.30 Å². The van der Waals surface area contributed by atoms with Gasteiger partial charge in [-0.05, 0) is 86.0 Å². The average molecular weight is 1000 g/mol. The number of halogens is 4. The number of aliphatic hydroxyl groups excluding tert-OH is 1. The maximum Gasteiger partial charge on any atom is 0.524 e. The summed E-state index contributed by atoms with van der Waals surface area (Å²) in [5.74, 6) is 1.65. The summed E-state index contributed by atoms with van der Waals surface area (Å²) in [6.07, 6.45) is 15.1.